The maximum atomic E-state index is 12.1. The number of hydrogen-bond donors (Lipinski definition) is 2. The molecule has 0 saturated heterocycles. The smallest absolute Gasteiger partial charge is 0.279 e. The van der Waals surface area contributed by atoms with Crippen molar-refractivity contribution in [1.29, 1.82) is 0 Å². The third-order valence-corrected chi connectivity index (χ3v) is 3.84. The number of benzene rings is 2. The average Bonchev–Trinajstić information content (AvgIpc) is 2.67. The number of carbonyl (C=O) groups is 2. The van der Waals surface area contributed by atoms with Crippen LogP contribution in [0.25, 0.3) is 0 Å². The first-order valence-electron chi connectivity index (χ1n) is 8.25. The average molecular weight is 408 g/mol. The van der Waals surface area contributed by atoms with Crippen LogP contribution in [0.1, 0.15) is 24.2 Å². The molecule has 0 aliphatic rings. The Balaban J connectivity index is 1.90. The Morgan fingerprint density at radius 3 is 2.36 bits per heavy atom. The zero-order valence-corrected chi connectivity index (χ0v) is 15.9. The first kappa shape index (κ1) is 21.0. The molecule has 0 radical (unpaired) electrons. The largest absolute Gasteiger partial charge is 0.494 e. The number of nitro benzene ring substituents is 1. The Kier molecular flexibility index (Phi) is 7.16. The molecule has 9 nitrogen and oxygen atoms in total. The molecule has 0 heterocycles. The van der Waals surface area contributed by atoms with Gasteiger partial charge in [0.1, 0.15) is 11.5 Å². The summed E-state index contributed by atoms with van der Waals surface area (Å²) in [6.45, 7) is 3.92. The van der Waals surface area contributed by atoms with E-state index in [1.54, 1.807) is 24.3 Å². The SMILES string of the molecule is CCOc1ccc(O[C@H](C)C(=O)NNC(=O)c2ccc([N+](=O)[O-])cc2Cl)cc1. The summed E-state index contributed by atoms with van der Waals surface area (Å²) in [4.78, 5) is 34.2. The zero-order valence-electron chi connectivity index (χ0n) is 15.1. The molecule has 0 aliphatic heterocycles. The standard InChI is InChI=1S/C18H18ClN3O6/c1-3-27-13-5-7-14(8-6-13)28-11(2)17(23)20-21-18(24)15-9-4-12(22(25)26)10-16(15)19/h4-11H,3H2,1-2H3,(H,20,23)(H,21,24)/t11-/m1/s1. The van der Waals surface area contributed by atoms with Gasteiger partial charge in [-0.15, -0.1) is 0 Å². The summed E-state index contributed by atoms with van der Waals surface area (Å²) in [5.41, 5.74) is 4.14. The van der Waals surface area contributed by atoms with Crippen LogP contribution >= 0.6 is 11.6 Å². The third kappa shape index (κ3) is 5.58. The van der Waals surface area contributed by atoms with E-state index in [1.165, 1.54) is 13.0 Å². The second-order valence-electron chi connectivity index (χ2n) is 5.53. The van der Waals surface area contributed by atoms with Crippen molar-refractivity contribution in [3.8, 4) is 11.5 Å². The van der Waals surface area contributed by atoms with Gasteiger partial charge in [-0.25, -0.2) is 0 Å². The van der Waals surface area contributed by atoms with Crippen molar-refractivity contribution in [2.45, 2.75) is 20.0 Å². The lowest BCUT2D eigenvalue weighted by atomic mass is 10.2. The molecule has 0 spiro atoms. The van der Waals surface area contributed by atoms with E-state index >= 15 is 0 Å². The molecule has 2 rings (SSSR count). The molecular weight excluding hydrogens is 390 g/mol. The number of halogens is 1. The highest BCUT2D eigenvalue weighted by Crippen LogP contribution is 2.22. The molecule has 2 aromatic rings. The Labute approximate surface area is 165 Å². The predicted molar refractivity (Wildman–Crippen MR) is 101 cm³/mol. The van der Waals surface area contributed by atoms with Crippen molar-refractivity contribution in [2.24, 2.45) is 0 Å². The van der Waals surface area contributed by atoms with Gasteiger partial charge in [0.25, 0.3) is 17.5 Å². The second kappa shape index (κ2) is 9.56. The van der Waals surface area contributed by atoms with Crippen LogP contribution in [0.2, 0.25) is 5.02 Å². The molecular formula is C18H18ClN3O6. The molecule has 0 unspecified atom stereocenters. The summed E-state index contributed by atoms with van der Waals surface area (Å²) in [5.74, 6) is -0.183. The highest BCUT2D eigenvalue weighted by atomic mass is 35.5. The summed E-state index contributed by atoms with van der Waals surface area (Å²) >= 11 is 5.88. The fourth-order valence-electron chi connectivity index (χ4n) is 2.13. The van der Waals surface area contributed by atoms with Gasteiger partial charge >= 0.3 is 0 Å². The number of carbonyl (C=O) groups excluding carboxylic acids is 2. The minimum atomic E-state index is -0.898. The summed E-state index contributed by atoms with van der Waals surface area (Å²) in [5, 5.41) is 10.6. The maximum Gasteiger partial charge on any atom is 0.279 e. The number of nitrogens with one attached hydrogen (secondary N) is 2. The number of non-ortho nitro benzene ring substituents is 1. The van der Waals surface area contributed by atoms with Crippen LogP contribution in [0, 0.1) is 10.1 Å². The molecule has 2 aromatic carbocycles. The monoisotopic (exact) mass is 407 g/mol. The minimum Gasteiger partial charge on any atom is -0.494 e. The van der Waals surface area contributed by atoms with E-state index in [9.17, 15) is 19.7 Å². The third-order valence-electron chi connectivity index (χ3n) is 3.52. The summed E-state index contributed by atoms with van der Waals surface area (Å²) in [7, 11) is 0. The molecule has 2 amide bonds. The van der Waals surface area contributed by atoms with Crippen LogP contribution in [-0.2, 0) is 4.79 Å². The first-order chi connectivity index (χ1) is 13.3. The van der Waals surface area contributed by atoms with Crippen molar-refractivity contribution in [3.63, 3.8) is 0 Å². The zero-order chi connectivity index (χ0) is 20.7. The van der Waals surface area contributed by atoms with Crippen molar-refractivity contribution in [1.82, 2.24) is 10.9 Å². The topological polar surface area (TPSA) is 120 Å². The van der Waals surface area contributed by atoms with Crippen LogP contribution < -0.4 is 20.3 Å². The van der Waals surface area contributed by atoms with Crippen molar-refractivity contribution >= 4 is 29.1 Å². The second-order valence-corrected chi connectivity index (χ2v) is 5.94. The Morgan fingerprint density at radius 1 is 1.14 bits per heavy atom. The Hall–Kier alpha value is -3.33. The van der Waals surface area contributed by atoms with Crippen LogP contribution in [-0.4, -0.2) is 29.4 Å². The molecule has 0 saturated carbocycles. The fraction of sp³-hybridized carbons (Fsp3) is 0.222. The molecule has 0 fully saturated rings. The highest BCUT2D eigenvalue weighted by Gasteiger charge is 2.18. The van der Waals surface area contributed by atoms with Gasteiger partial charge in [-0.2, -0.15) is 0 Å². The lowest BCUT2D eigenvalue weighted by Gasteiger charge is -2.15. The van der Waals surface area contributed by atoms with E-state index in [0.29, 0.717) is 18.1 Å². The fourth-order valence-corrected chi connectivity index (χ4v) is 2.39. The van der Waals surface area contributed by atoms with Crippen molar-refractivity contribution < 1.29 is 24.0 Å². The van der Waals surface area contributed by atoms with E-state index in [4.69, 9.17) is 21.1 Å². The number of hydrogen-bond acceptors (Lipinski definition) is 6. The molecule has 148 valence electrons. The lowest BCUT2D eigenvalue weighted by molar-refractivity contribution is -0.384. The molecule has 0 bridgehead atoms. The van der Waals surface area contributed by atoms with Gasteiger partial charge in [0, 0.05) is 12.1 Å². The number of amides is 2. The first-order valence-corrected chi connectivity index (χ1v) is 8.63. The lowest BCUT2D eigenvalue weighted by Crippen LogP contribution is -2.47. The predicted octanol–water partition coefficient (Wildman–Crippen LogP) is 2.88. The summed E-state index contributed by atoms with van der Waals surface area (Å²) in [6, 6.07) is 10.1. The molecule has 10 heteroatoms. The van der Waals surface area contributed by atoms with E-state index in [-0.39, 0.29) is 16.3 Å². The normalized spacial score (nSPS) is 11.2. The molecule has 28 heavy (non-hydrogen) atoms. The van der Waals surface area contributed by atoms with E-state index < -0.39 is 22.8 Å². The number of ether oxygens (including phenoxy) is 2. The number of nitro groups is 1. The summed E-state index contributed by atoms with van der Waals surface area (Å²) in [6.07, 6.45) is -0.898. The highest BCUT2D eigenvalue weighted by molar-refractivity contribution is 6.34. The minimum absolute atomic E-state index is 0.0207. The van der Waals surface area contributed by atoms with E-state index in [2.05, 4.69) is 10.9 Å². The summed E-state index contributed by atoms with van der Waals surface area (Å²) < 4.78 is 10.8. The van der Waals surface area contributed by atoms with Crippen LogP contribution in [0.5, 0.6) is 11.5 Å². The van der Waals surface area contributed by atoms with Crippen LogP contribution in [0.3, 0.4) is 0 Å². The number of rotatable bonds is 7. The van der Waals surface area contributed by atoms with Gasteiger partial charge in [-0.3, -0.25) is 30.6 Å². The van der Waals surface area contributed by atoms with Crippen molar-refractivity contribution in [3.05, 3.63) is 63.2 Å². The van der Waals surface area contributed by atoms with Crippen molar-refractivity contribution in [2.75, 3.05) is 6.61 Å². The molecule has 0 aromatic heterocycles. The molecule has 1 atom stereocenters. The van der Waals surface area contributed by atoms with Crippen LogP contribution in [0.15, 0.2) is 42.5 Å². The van der Waals surface area contributed by atoms with Gasteiger partial charge in [0.15, 0.2) is 6.10 Å². The number of nitrogens with zero attached hydrogens (tertiary/aromatic N) is 1. The maximum absolute atomic E-state index is 12.1. The van der Waals surface area contributed by atoms with Crippen LogP contribution in [0.4, 0.5) is 5.69 Å². The van der Waals surface area contributed by atoms with Gasteiger partial charge in [0.2, 0.25) is 0 Å². The Bertz CT molecular complexity index is 872. The van der Waals surface area contributed by atoms with Gasteiger partial charge in [-0.05, 0) is 44.2 Å². The Morgan fingerprint density at radius 2 is 1.79 bits per heavy atom. The van der Waals surface area contributed by atoms with Gasteiger partial charge in [-0.1, -0.05) is 11.6 Å². The molecule has 2 N–H and O–H groups in total. The van der Waals surface area contributed by atoms with E-state index in [0.717, 1.165) is 12.1 Å². The molecule has 0 aliphatic carbocycles. The number of hydrazine groups is 1. The van der Waals surface area contributed by atoms with Gasteiger partial charge in [0.05, 0.1) is 22.1 Å². The quantitative estimate of drug-likeness (QED) is 0.538. The van der Waals surface area contributed by atoms with Gasteiger partial charge < -0.3 is 9.47 Å². The van der Waals surface area contributed by atoms with E-state index in [1.807, 2.05) is 6.92 Å².